The van der Waals surface area contributed by atoms with E-state index in [2.05, 4.69) is 5.10 Å². The Morgan fingerprint density at radius 1 is 1.42 bits per heavy atom. The molecular formula is C12H12N2O3S2. The van der Waals surface area contributed by atoms with E-state index in [1.807, 2.05) is 12.1 Å². The second-order valence-corrected chi connectivity index (χ2v) is 5.20. The molecule has 0 N–H and O–H groups in total. The third-order valence-electron chi connectivity index (χ3n) is 2.47. The zero-order valence-electron chi connectivity index (χ0n) is 10.5. The second-order valence-electron chi connectivity index (χ2n) is 3.59. The Morgan fingerprint density at radius 3 is 2.79 bits per heavy atom. The zero-order chi connectivity index (χ0) is 13.8. The molecule has 1 heterocycles. The minimum atomic E-state index is -0.117. The quantitative estimate of drug-likeness (QED) is 0.627. The number of para-hydroxylation sites is 1. The van der Waals surface area contributed by atoms with E-state index in [1.165, 1.54) is 23.0 Å². The van der Waals surface area contributed by atoms with Gasteiger partial charge in [-0.25, -0.2) is 0 Å². The Labute approximate surface area is 120 Å². The Hall–Kier alpha value is -1.60. The number of thiocarbonyl (C=S) groups is 1. The molecular weight excluding hydrogens is 284 g/mol. The Bertz CT molecular complexity index is 530. The number of thioether (sulfide) groups is 1. The highest BCUT2D eigenvalue weighted by Gasteiger charge is 2.26. The number of nitrogens with zero attached hydrogens (tertiary/aromatic N) is 2. The summed E-state index contributed by atoms with van der Waals surface area (Å²) in [6.45, 7) is 0. The van der Waals surface area contributed by atoms with E-state index in [4.69, 9.17) is 21.7 Å². The first-order valence-electron chi connectivity index (χ1n) is 5.42. The number of ether oxygens (including phenoxy) is 2. The summed E-state index contributed by atoms with van der Waals surface area (Å²) in [6, 6.07) is 5.43. The van der Waals surface area contributed by atoms with Crippen molar-refractivity contribution in [3.8, 4) is 11.5 Å². The highest BCUT2D eigenvalue weighted by Crippen LogP contribution is 2.29. The first-order valence-corrected chi connectivity index (χ1v) is 6.81. The van der Waals surface area contributed by atoms with Gasteiger partial charge in [0.2, 0.25) is 0 Å². The monoisotopic (exact) mass is 296 g/mol. The van der Waals surface area contributed by atoms with Gasteiger partial charge in [-0.1, -0.05) is 30.0 Å². The van der Waals surface area contributed by atoms with E-state index >= 15 is 0 Å². The van der Waals surface area contributed by atoms with Crippen LogP contribution in [0.25, 0.3) is 0 Å². The molecule has 0 radical (unpaired) electrons. The topological polar surface area (TPSA) is 51.1 Å². The Morgan fingerprint density at radius 2 is 2.21 bits per heavy atom. The van der Waals surface area contributed by atoms with Crippen molar-refractivity contribution in [3.05, 3.63) is 23.8 Å². The smallest absolute Gasteiger partial charge is 0.259 e. The molecule has 5 nitrogen and oxygen atoms in total. The van der Waals surface area contributed by atoms with E-state index in [1.54, 1.807) is 20.3 Å². The molecule has 19 heavy (non-hydrogen) atoms. The van der Waals surface area contributed by atoms with E-state index in [0.717, 1.165) is 0 Å². The number of benzene rings is 1. The van der Waals surface area contributed by atoms with Gasteiger partial charge in [-0.05, 0) is 12.1 Å². The average Bonchev–Trinajstić information content (AvgIpc) is 2.75. The number of hydrogen-bond donors (Lipinski definition) is 0. The predicted molar refractivity (Wildman–Crippen MR) is 79.0 cm³/mol. The van der Waals surface area contributed by atoms with Crippen LogP contribution in [-0.2, 0) is 4.79 Å². The summed E-state index contributed by atoms with van der Waals surface area (Å²) in [6.07, 6.45) is 1.54. The first kappa shape index (κ1) is 13.8. The van der Waals surface area contributed by atoms with Gasteiger partial charge in [0.15, 0.2) is 15.8 Å². The van der Waals surface area contributed by atoms with Crippen molar-refractivity contribution in [1.82, 2.24) is 5.01 Å². The summed E-state index contributed by atoms with van der Waals surface area (Å²) in [5.41, 5.74) is 0.717. The van der Waals surface area contributed by atoms with E-state index in [9.17, 15) is 4.79 Å². The Kier molecular flexibility index (Phi) is 4.39. The molecule has 0 aliphatic carbocycles. The van der Waals surface area contributed by atoms with Crippen molar-refractivity contribution in [1.29, 1.82) is 0 Å². The van der Waals surface area contributed by atoms with Gasteiger partial charge in [-0.15, -0.1) is 0 Å². The van der Waals surface area contributed by atoms with Gasteiger partial charge in [0, 0.05) is 5.56 Å². The SMILES string of the molecule is COc1cccc(C=NN2C(=O)CSC2=S)c1OC. The average molecular weight is 296 g/mol. The minimum Gasteiger partial charge on any atom is -0.493 e. The molecule has 1 aromatic rings. The summed E-state index contributed by atoms with van der Waals surface area (Å²) in [5, 5.41) is 5.32. The lowest BCUT2D eigenvalue weighted by molar-refractivity contribution is -0.123. The third kappa shape index (κ3) is 2.87. The van der Waals surface area contributed by atoms with Crippen LogP contribution in [0.1, 0.15) is 5.56 Å². The standard InChI is InChI=1S/C12H12N2O3S2/c1-16-9-5-3-4-8(11(9)17-2)6-13-14-10(15)7-19-12(14)18/h3-6H,7H2,1-2H3. The number of carbonyl (C=O) groups is 1. The van der Waals surface area contributed by atoms with Crippen LogP contribution in [-0.4, -0.2) is 41.4 Å². The molecule has 0 spiro atoms. The second kappa shape index (κ2) is 6.03. The van der Waals surface area contributed by atoms with Gasteiger partial charge in [0.05, 0.1) is 26.2 Å². The predicted octanol–water partition coefficient (Wildman–Crippen LogP) is 1.90. The van der Waals surface area contributed by atoms with Crippen LogP contribution >= 0.6 is 24.0 Å². The molecule has 1 aromatic carbocycles. The lowest BCUT2D eigenvalue weighted by atomic mass is 10.2. The lowest BCUT2D eigenvalue weighted by Gasteiger charge is -2.11. The van der Waals surface area contributed by atoms with Crippen LogP contribution in [0.3, 0.4) is 0 Å². The summed E-state index contributed by atoms with van der Waals surface area (Å²) < 4.78 is 10.9. The molecule has 0 aromatic heterocycles. The van der Waals surface area contributed by atoms with Crippen molar-refractivity contribution in [2.75, 3.05) is 20.0 Å². The van der Waals surface area contributed by atoms with Gasteiger partial charge in [0.1, 0.15) is 0 Å². The number of methoxy groups -OCH3 is 2. The van der Waals surface area contributed by atoms with Crippen molar-refractivity contribution < 1.29 is 14.3 Å². The minimum absolute atomic E-state index is 0.117. The number of hydrazone groups is 1. The van der Waals surface area contributed by atoms with Crippen molar-refractivity contribution >= 4 is 40.4 Å². The largest absolute Gasteiger partial charge is 0.493 e. The number of amides is 1. The molecule has 7 heteroatoms. The molecule has 0 bridgehead atoms. The number of rotatable bonds is 4. The highest BCUT2D eigenvalue weighted by molar-refractivity contribution is 8.23. The van der Waals surface area contributed by atoms with Gasteiger partial charge in [0.25, 0.3) is 5.91 Å². The van der Waals surface area contributed by atoms with Crippen molar-refractivity contribution in [2.45, 2.75) is 0 Å². The maximum absolute atomic E-state index is 11.5. The van der Waals surface area contributed by atoms with Crippen LogP contribution in [0.4, 0.5) is 0 Å². The lowest BCUT2D eigenvalue weighted by Crippen LogP contribution is -2.22. The fourth-order valence-corrected chi connectivity index (χ4v) is 2.56. The van der Waals surface area contributed by atoms with Gasteiger partial charge >= 0.3 is 0 Å². The molecule has 0 saturated carbocycles. The van der Waals surface area contributed by atoms with Gasteiger partial charge in [-0.2, -0.15) is 10.1 Å². The third-order valence-corrected chi connectivity index (χ3v) is 3.81. The maximum atomic E-state index is 11.5. The molecule has 1 fully saturated rings. The zero-order valence-corrected chi connectivity index (χ0v) is 12.1. The van der Waals surface area contributed by atoms with E-state index < -0.39 is 0 Å². The van der Waals surface area contributed by atoms with Crippen molar-refractivity contribution in [2.24, 2.45) is 5.10 Å². The Balaban J connectivity index is 2.28. The molecule has 1 amide bonds. The molecule has 0 unspecified atom stereocenters. The first-order chi connectivity index (χ1) is 9.17. The molecule has 2 rings (SSSR count). The molecule has 1 aliphatic heterocycles. The maximum Gasteiger partial charge on any atom is 0.259 e. The van der Waals surface area contributed by atoms with Crippen LogP contribution in [0.15, 0.2) is 23.3 Å². The summed E-state index contributed by atoms with van der Waals surface area (Å²) in [7, 11) is 3.12. The molecule has 0 atom stereocenters. The van der Waals surface area contributed by atoms with Gasteiger partial charge in [-0.3, -0.25) is 4.79 Å². The van der Waals surface area contributed by atoms with Crippen molar-refractivity contribution in [3.63, 3.8) is 0 Å². The number of carbonyl (C=O) groups excluding carboxylic acids is 1. The highest BCUT2D eigenvalue weighted by atomic mass is 32.2. The molecule has 100 valence electrons. The molecule has 1 saturated heterocycles. The summed E-state index contributed by atoms with van der Waals surface area (Å²) in [4.78, 5) is 11.5. The van der Waals surface area contributed by atoms with Crippen LogP contribution in [0.2, 0.25) is 0 Å². The van der Waals surface area contributed by atoms with E-state index in [0.29, 0.717) is 27.1 Å². The summed E-state index contributed by atoms with van der Waals surface area (Å²) >= 11 is 6.35. The van der Waals surface area contributed by atoms with Crippen LogP contribution in [0.5, 0.6) is 11.5 Å². The summed E-state index contributed by atoms with van der Waals surface area (Å²) in [5.74, 6) is 1.40. The van der Waals surface area contributed by atoms with E-state index in [-0.39, 0.29) is 5.91 Å². The fraction of sp³-hybridized carbons (Fsp3) is 0.250. The van der Waals surface area contributed by atoms with Crippen LogP contribution in [0, 0.1) is 0 Å². The van der Waals surface area contributed by atoms with Gasteiger partial charge < -0.3 is 9.47 Å². The fourth-order valence-electron chi connectivity index (χ4n) is 1.59. The number of hydrogen-bond acceptors (Lipinski definition) is 6. The van der Waals surface area contributed by atoms with Crippen LogP contribution < -0.4 is 9.47 Å². The molecule has 1 aliphatic rings. The normalized spacial score (nSPS) is 15.4.